The molecule has 1 aliphatic heterocycles. The van der Waals surface area contributed by atoms with Gasteiger partial charge in [0.05, 0.1) is 22.2 Å². The second-order valence-corrected chi connectivity index (χ2v) is 7.90. The van der Waals surface area contributed by atoms with Gasteiger partial charge in [-0.1, -0.05) is 0 Å². The summed E-state index contributed by atoms with van der Waals surface area (Å²) in [5.74, 6) is -1.42. The van der Waals surface area contributed by atoms with Gasteiger partial charge in [-0.15, -0.1) is 0 Å². The summed E-state index contributed by atoms with van der Waals surface area (Å²) in [5.41, 5.74) is 3.28. The highest BCUT2D eigenvalue weighted by molar-refractivity contribution is 5.90. The molecule has 1 aromatic carbocycles. The number of H-pyrrole nitrogens is 1. The first-order valence-corrected chi connectivity index (χ1v) is 9.61. The molecule has 1 aromatic heterocycles. The molecule has 3 N–H and O–H groups in total. The van der Waals surface area contributed by atoms with E-state index in [9.17, 15) is 22.8 Å². The maximum Gasteiger partial charge on any atom is 0.329 e. The predicted octanol–water partition coefficient (Wildman–Crippen LogP) is 2.53. The number of benzene rings is 1. The number of hydrogen-bond acceptors (Lipinski definition) is 4. The first kappa shape index (κ1) is 19.9. The average molecular weight is 414 g/mol. The Balaban J connectivity index is 2.00. The number of rotatable bonds is 5. The van der Waals surface area contributed by atoms with Crippen molar-refractivity contribution in [2.45, 2.75) is 44.7 Å². The van der Waals surface area contributed by atoms with Crippen LogP contribution in [0.4, 0.5) is 23.2 Å². The summed E-state index contributed by atoms with van der Waals surface area (Å²) in [6.45, 7) is 1.34. The van der Waals surface area contributed by atoms with E-state index < -0.39 is 47.2 Å². The fourth-order valence-electron chi connectivity index (χ4n) is 4.41. The van der Waals surface area contributed by atoms with Crippen LogP contribution in [0.3, 0.4) is 0 Å². The SMILES string of the molecule is Cc1c(N2CCC(C(N)CF)C2)c(F)c(C(F)F)c2c(=O)[nH]c(=O)n(C3CC3)c12. The molecule has 29 heavy (non-hydrogen) atoms. The van der Waals surface area contributed by atoms with Crippen LogP contribution in [-0.2, 0) is 0 Å². The highest BCUT2D eigenvalue weighted by atomic mass is 19.3. The normalized spacial score (nSPS) is 20.8. The van der Waals surface area contributed by atoms with Crippen molar-refractivity contribution >= 4 is 16.6 Å². The Morgan fingerprint density at radius 3 is 2.52 bits per heavy atom. The highest BCUT2D eigenvalue weighted by Crippen LogP contribution is 2.42. The smallest absolute Gasteiger partial charge is 0.329 e. The Labute approximate surface area is 163 Å². The fraction of sp³-hybridized carbons (Fsp3) is 0.579. The minimum Gasteiger partial charge on any atom is -0.369 e. The second kappa shape index (κ2) is 7.16. The first-order chi connectivity index (χ1) is 13.8. The number of aromatic amines is 1. The quantitative estimate of drug-likeness (QED) is 0.737. The Morgan fingerprint density at radius 1 is 1.24 bits per heavy atom. The van der Waals surface area contributed by atoms with Gasteiger partial charge in [0.25, 0.3) is 12.0 Å². The minimum absolute atomic E-state index is 0.0474. The molecule has 0 radical (unpaired) electrons. The molecule has 6 nitrogen and oxygen atoms in total. The molecule has 158 valence electrons. The number of aryl methyl sites for hydroxylation is 1. The van der Waals surface area contributed by atoms with Crippen LogP contribution in [0.5, 0.6) is 0 Å². The third kappa shape index (κ3) is 3.13. The van der Waals surface area contributed by atoms with Gasteiger partial charge in [-0.3, -0.25) is 14.3 Å². The number of aromatic nitrogens is 2. The molecule has 0 amide bonds. The number of anilines is 1. The van der Waals surface area contributed by atoms with Gasteiger partial charge in [-0.05, 0) is 32.1 Å². The Kier molecular flexibility index (Phi) is 4.92. The highest BCUT2D eigenvalue weighted by Gasteiger charge is 2.36. The number of nitrogens with zero attached hydrogens (tertiary/aromatic N) is 2. The summed E-state index contributed by atoms with van der Waals surface area (Å²) in [5, 5.41) is -0.485. The van der Waals surface area contributed by atoms with Gasteiger partial charge in [-0.25, -0.2) is 22.4 Å². The van der Waals surface area contributed by atoms with Crippen molar-refractivity contribution in [2.75, 3.05) is 24.7 Å². The number of nitrogens with two attached hydrogens (primary N) is 1. The van der Waals surface area contributed by atoms with Crippen molar-refractivity contribution in [1.82, 2.24) is 9.55 Å². The summed E-state index contributed by atoms with van der Waals surface area (Å²) in [4.78, 5) is 28.4. The summed E-state index contributed by atoms with van der Waals surface area (Å²) in [6, 6.07) is -0.929. The van der Waals surface area contributed by atoms with Gasteiger partial charge in [0.1, 0.15) is 6.67 Å². The molecule has 4 rings (SSSR count). The van der Waals surface area contributed by atoms with Gasteiger partial charge in [-0.2, -0.15) is 0 Å². The molecule has 1 saturated heterocycles. The van der Waals surface area contributed by atoms with Gasteiger partial charge in [0.15, 0.2) is 5.82 Å². The second-order valence-electron chi connectivity index (χ2n) is 7.90. The minimum atomic E-state index is -3.24. The lowest BCUT2D eigenvalue weighted by Crippen LogP contribution is -2.35. The lowest BCUT2D eigenvalue weighted by Gasteiger charge is -2.26. The zero-order valence-electron chi connectivity index (χ0n) is 15.9. The van der Waals surface area contributed by atoms with Crippen molar-refractivity contribution in [2.24, 2.45) is 11.7 Å². The third-order valence-corrected chi connectivity index (χ3v) is 6.02. The average Bonchev–Trinajstić information content (AvgIpc) is 3.38. The van der Waals surface area contributed by atoms with Crippen LogP contribution in [0.1, 0.15) is 42.9 Å². The standard InChI is InChI=1S/C19H22F4N4O2/c1-8-15-13(18(28)25-19(29)27(15)10-2-3-10)12(17(22)23)14(21)16(8)26-5-4-9(7-26)11(24)6-20/h9-11,17H,2-7,24H2,1H3,(H,25,28,29). The van der Waals surface area contributed by atoms with Gasteiger partial charge >= 0.3 is 5.69 Å². The summed E-state index contributed by atoms with van der Waals surface area (Å²) >= 11 is 0. The van der Waals surface area contributed by atoms with E-state index in [4.69, 9.17) is 5.73 Å². The molecular weight excluding hydrogens is 392 g/mol. The van der Waals surface area contributed by atoms with E-state index in [2.05, 4.69) is 4.98 Å². The topological polar surface area (TPSA) is 84.1 Å². The van der Waals surface area contributed by atoms with E-state index in [0.29, 0.717) is 25.8 Å². The Morgan fingerprint density at radius 2 is 1.93 bits per heavy atom. The van der Waals surface area contributed by atoms with E-state index in [0.717, 1.165) is 0 Å². The van der Waals surface area contributed by atoms with Crippen LogP contribution >= 0.6 is 0 Å². The number of hydrogen-bond donors (Lipinski definition) is 2. The van der Waals surface area contributed by atoms with Crippen LogP contribution in [0, 0.1) is 18.7 Å². The molecule has 2 fully saturated rings. The van der Waals surface area contributed by atoms with E-state index in [1.807, 2.05) is 0 Å². The molecule has 0 bridgehead atoms. The third-order valence-electron chi connectivity index (χ3n) is 6.02. The summed E-state index contributed by atoms with van der Waals surface area (Å²) in [6.07, 6.45) is -1.39. The van der Waals surface area contributed by atoms with E-state index in [1.54, 1.807) is 4.90 Å². The van der Waals surface area contributed by atoms with Gasteiger partial charge in [0.2, 0.25) is 0 Å². The van der Waals surface area contributed by atoms with Crippen LogP contribution in [0.25, 0.3) is 10.9 Å². The molecule has 2 heterocycles. The molecule has 0 spiro atoms. The van der Waals surface area contributed by atoms with E-state index in [-0.39, 0.29) is 35.3 Å². The zero-order chi connectivity index (χ0) is 21.0. The zero-order valence-corrected chi connectivity index (χ0v) is 15.9. The van der Waals surface area contributed by atoms with Crippen molar-refractivity contribution in [3.05, 3.63) is 37.8 Å². The molecule has 1 saturated carbocycles. The van der Waals surface area contributed by atoms with Crippen LogP contribution in [0.15, 0.2) is 9.59 Å². The molecule has 2 aromatic rings. The summed E-state index contributed by atoms with van der Waals surface area (Å²) < 4.78 is 57.3. The van der Waals surface area contributed by atoms with Gasteiger partial charge < -0.3 is 10.6 Å². The molecule has 2 aliphatic rings. The number of nitrogens with one attached hydrogen (secondary N) is 1. The van der Waals surface area contributed by atoms with E-state index >= 15 is 4.39 Å². The molecular formula is C19H22F4N4O2. The first-order valence-electron chi connectivity index (χ1n) is 9.61. The maximum absolute atomic E-state index is 15.3. The predicted molar refractivity (Wildman–Crippen MR) is 101 cm³/mol. The molecule has 2 atom stereocenters. The fourth-order valence-corrected chi connectivity index (χ4v) is 4.41. The molecule has 2 unspecified atom stereocenters. The van der Waals surface area contributed by atoms with Crippen molar-refractivity contribution in [3.8, 4) is 0 Å². The molecule has 1 aliphatic carbocycles. The number of alkyl halides is 3. The monoisotopic (exact) mass is 414 g/mol. The maximum atomic E-state index is 15.3. The van der Waals surface area contributed by atoms with Crippen molar-refractivity contribution in [3.63, 3.8) is 0 Å². The number of halogens is 4. The van der Waals surface area contributed by atoms with Crippen molar-refractivity contribution < 1.29 is 17.6 Å². The van der Waals surface area contributed by atoms with Crippen LogP contribution in [0.2, 0.25) is 0 Å². The number of fused-ring (bicyclic) bond motifs is 1. The lowest BCUT2D eigenvalue weighted by molar-refractivity contribution is 0.148. The molecule has 10 heteroatoms. The van der Waals surface area contributed by atoms with Crippen molar-refractivity contribution in [1.29, 1.82) is 0 Å². The summed E-state index contributed by atoms with van der Waals surface area (Å²) in [7, 11) is 0. The van der Waals surface area contributed by atoms with Crippen LogP contribution in [-0.4, -0.2) is 35.4 Å². The lowest BCUT2D eigenvalue weighted by atomic mass is 10.00. The van der Waals surface area contributed by atoms with Crippen LogP contribution < -0.4 is 21.9 Å². The van der Waals surface area contributed by atoms with Gasteiger partial charge in [0, 0.05) is 30.7 Å². The Hall–Kier alpha value is -2.36. The van der Waals surface area contributed by atoms with E-state index in [1.165, 1.54) is 11.5 Å². The Bertz CT molecular complexity index is 1080. The largest absolute Gasteiger partial charge is 0.369 e.